The predicted molar refractivity (Wildman–Crippen MR) is 87.3 cm³/mol. The topological polar surface area (TPSA) is 74.7 Å². The number of methoxy groups -OCH3 is 1. The Bertz CT molecular complexity index is 839. The number of pyridine rings is 1. The Labute approximate surface area is 150 Å². The molecule has 0 amide bonds. The van der Waals surface area contributed by atoms with Crippen molar-refractivity contribution in [3.8, 4) is 5.75 Å². The molecular weight excluding hydrogens is 375 g/mol. The first-order chi connectivity index (χ1) is 11.9. The molecule has 0 unspecified atom stereocenters. The molecule has 2 rings (SSSR count). The van der Waals surface area contributed by atoms with Crippen molar-refractivity contribution in [2.24, 2.45) is 0 Å². The molecule has 0 saturated heterocycles. The number of carbonyl (C=O) groups excluding carboxylic acids is 2. The molecule has 0 spiro atoms. The van der Waals surface area contributed by atoms with E-state index in [1.807, 2.05) is 0 Å². The van der Waals surface area contributed by atoms with Crippen molar-refractivity contribution in [1.29, 1.82) is 0 Å². The number of hydrogen-bond donors (Lipinski definition) is 0. The highest BCUT2D eigenvalue weighted by Crippen LogP contribution is 2.40. The van der Waals surface area contributed by atoms with Crippen LogP contribution in [-0.2, 0) is 20.4 Å². The number of alkyl halides is 3. The lowest BCUT2D eigenvalue weighted by Crippen LogP contribution is -2.27. The summed E-state index contributed by atoms with van der Waals surface area (Å²) < 4.78 is 53.6. The number of halogens is 3. The lowest BCUT2D eigenvalue weighted by Gasteiger charge is -2.19. The summed E-state index contributed by atoms with van der Waals surface area (Å²) in [6, 6.07) is 0.861. The molecule has 0 aliphatic carbocycles. The second kappa shape index (κ2) is 7.10. The van der Waals surface area contributed by atoms with Crippen LogP contribution >= 0.6 is 11.3 Å². The Balaban J connectivity index is 2.39. The minimum absolute atomic E-state index is 0.0342. The smallest absolute Gasteiger partial charge is 0.417 e. The second-order valence-electron chi connectivity index (χ2n) is 6.20. The molecule has 0 aliphatic heterocycles. The predicted octanol–water partition coefficient (Wildman–Crippen LogP) is 3.82. The van der Waals surface area contributed by atoms with Crippen molar-refractivity contribution in [2.45, 2.75) is 32.5 Å². The number of hydrogen-bond acceptors (Lipinski definition) is 7. The van der Waals surface area contributed by atoms with Gasteiger partial charge >= 0.3 is 18.1 Å². The number of aromatic nitrogens is 1. The Hall–Kier alpha value is -2.36. The van der Waals surface area contributed by atoms with Crippen molar-refractivity contribution >= 4 is 33.5 Å². The third-order valence-electron chi connectivity index (χ3n) is 2.94. The van der Waals surface area contributed by atoms with Gasteiger partial charge in [0.05, 0.1) is 17.4 Å². The van der Waals surface area contributed by atoms with E-state index >= 15 is 0 Å². The fraction of sp³-hybridized carbons (Fsp3) is 0.438. The number of nitrogens with zero attached hydrogens (tertiary/aromatic N) is 1. The maximum atomic E-state index is 12.8. The Morgan fingerprint density at radius 1 is 1.23 bits per heavy atom. The molecule has 0 aliphatic rings. The Morgan fingerprint density at radius 2 is 1.88 bits per heavy atom. The van der Waals surface area contributed by atoms with E-state index in [2.05, 4.69) is 9.72 Å². The molecule has 0 saturated carbocycles. The van der Waals surface area contributed by atoms with Crippen LogP contribution in [0.1, 0.15) is 36.0 Å². The van der Waals surface area contributed by atoms with Crippen molar-refractivity contribution in [3.63, 3.8) is 0 Å². The summed E-state index contributed by atoms with van der Waals surface area (Å²) in [5.74, 6) is -1.61. The summed E-state index contributed by atoms with van der Waals surface area (Å²) in [4.78, 5) is 27.4. The van der Waals surface area contributed by atoms with Gasteiger partial charge in [-0.25, -0.2) is 9.59 Å². The molecule has 26 heavy (non-hydrogen) atoms. The summed E-state index contributed by atoms with van der Waals surface area (Å²) >= 11 is 0.738. The zero-order valence-electron chi connectivity index (χ0n) is 14.4. The monoisotopic (exact) mass is 391 g/mol. The first-order valence-corrected chi connectivity index (χ1v) is 8.16. The first kappa shape index (κ1) is 20.0. The van der Waals surface area contributed by atoms with Gasteiger partial charge in [-0.2, -0.15) is 13.2 Å². The first-order valence-electron chi connectivity index (χ1n) is 7.35. The molecule has 0 radical (unpaired) electrons. The fourth-order valence-corrected chi connectivity index (χ4v) is 3.04. The van der Waals surface area contributed by atoms with E-state index in [-0.39, 0.29) is 20.8 Å². The molecule has 0 fully saturated rings. The van der Waals surface area contributed by atoms with Crippen LogP contribution in [0, 0.1) is 0 Å². The average Bonchev–Trinajstić information content (AvgIpc) is 2.87. The van der Waals surface area contributed by atoms with E-state index in [1.54, 1.807) is 20.8 Å². The minimum Gasteiger partial charge on any atom is -0.478 e. The van der Waals surface area contributed by atoms with Crippen LogP contribution in [-0.4, -0.2) is 36.2 Å². The van der Waals surface area contributed by atoms with E-state index in [9.17, 15) is 22.8 Å². The van der Waals surface area contributed by atoms with E-state index in [0.717, 1.165) is 24.5 Å². The van der Waals surface area contributed by atoms with Gasteiger partial charge in [0.15, 0.2) is 17.2 Å². The molecule has 0 bridgehead atoms. The van der Waals surface area contributed by atoms with Crippen LogP contribution in [0.4, 0.5) is 13.2 Å². The second-order valence-corrected chi connectivity index (χ2v) is 7.25. The number of rotatable bonds is 4. The van der Waals surface area contributed by atoms with Crippen molar-refractivity contribution in [2.75, 3.05) is 13.7 Å². The Kier molecular flexibility index (Phi) is 5.45. The van der Waals surface area contributed by atoms with Gasteiger partial charge in [-0.15, -0.1) is 11.3 Å². The Morgan fingerprint density at radius 3 is 2.42 bits per heavy atom. The number of esters is 2. The number of fused-ring (bicyclic) bond motifs is 1. The summed E-state index contributed by atoms with van der Waals surface area (Å²) in [6.07, 6.45) is -3.94. The lowest BCUT2D eigenvalue weighted by atomic mass is 10.2. The summed E-state index contributed by atoms with van der Waals surface area (Å²) in [5, 5.41) is 0. The van der Waals surface area contributed by atoms with E-state index in [4.69, 9.17) is 9.47 Å². The highest BCUT2D eigenvalue weighted by Gasteiger charge is 2.32. The maximum absolute atomic E-state index is 12.8. The number of ether oxygens (including phenoxy) is 3. The third kappa shape index (κ3) is 4.63. The van der Waals surface area contributed by atoms with Crippen molar-refractivity contribution in [3.05, 3.63) is 22.7 Å². The van der Waals surface area contributed by atoms with Gasteiger partial charge in [0.25, 0.3) is 0 Å². The summed E-state index contributed by atoms with van der Waals surface area (Å²) in [5.41, 5.74) is -1.66. The molecule has 6 nitrogen and oxygen atoms in total. The van der Waals surface area contributed by atoms with Crippen molar-refractivity contribution < 1.29 is 37.0 Å². The van der Waals surface area contributed by atoms with E-state index < -0.39 is 35.9 Å². The standard InChI is InChI=1S/C16H16F3NO5S/c1-15(2,3)25-10(21)7-24-12-11-9(26-13(12)14(22)23-4)5-8(6-20-11)16(17,18)19/h5-6H,7H2,1-4H3. The van der Waals surface area contributed by atoms with Crippen LogP contribution in [0.5, 0.6) is 5.75 Å². The van der Waals surface area contributed by atoms with Crippen LogP contribution in [0.15, 0.2) is 12.3 Å². The van der Waals surface area contributed by atoms with E-state index in [0.29, 0.717) is 6.20 Å². The largest absolute Gasteiger partial charge is 0.478 e. The third-order valence-corrected chi connectivity index (χ3v) is 4.03. The molecule has 0 atom stereocenters. The van der Waals surface area contributed by atoms with Gasteiger partial charge in [0.1, 0.15) is 11.1 Å². The molecule has 2 aromatic heterocycles. The van der Waals surface area contributed by atoms with Gasteiger partial charge in [-0.05, 0) is 26.8 Å². The summed E-state index contributed by atoms with van der Waals surface area (Å²) in [6.45, 7) is 4.48. The van der Waals surface area contributed by atoms with Gasteiger partial charge in [0.2, 0.25) is 0 Å². The van der Waals surface area contributed by atoms with Crippen LogP contribution < -0.4 is 4.74 Å². The lowest BCUT2D eigenvalue weighted by molar-refractivity contribution is -0.157. The van der Waals surface area contributed by atoms with Gasteiger partial charge in [-0.3, -0.25) is 4.98 Å². The zero-order chi connectivity index (χ0) is 19.7. The number of thiophene rings is 1. The van der Waals surface area contributed by atoms with Crippen LogP contribution in [0.3, 0.4) is 0 Å². The molecule has 0 aromatic carbocycles. The van der Waals surface area contributed by atoms with E-state index in [1.165, 1.54) is 0 Å². The fourth-order valence-electron chi connectivity index (χ4n) is 1.97. The number of carbonyl (C=O) groups is 2. The molecule has 2 aromatic rings. The SMILES string of the molecule is COC(=O)c1sc2cc(C(F)(F)F)cnc2c1OCC(=O)OC(C)(C)C. The molecular formula is C16H16F3NO5S. The highest BCUT2D eigenvalue weighted by atomic mass is 32.1. The van der Waals surface area contributed by atoms with Crippen LogP contribution in [0.25, 0.3) is 10.2 Å². The summed E-state index contributed by atoms with van der Waals surface area (Å²) in [7, 11) is 1.12. The molecule has 142 valence electrons. The quantitative estimate of drug-likeness (QED) is 0.738. The molecule has 10 heteroatoms. The highest BCUT2D eigenvalue weighted by molar-refractivity contribution is 7.21. The van der Waals surface area contributed by atoms with Crippen LogP contribution in [0.2, 0.25) is 0 Å². The molecule has 2 heterocycles. The minimum atomic E-state index is -4.58. The van der Waals surface area contributed by atoms with Gasteiger partial charge in [-0.1, -0.05) is 0 Å². The van der Waals surface area contributed by atoms with Crippen molar-refractivity contribution in [1.82, 2.24) is 4.98 Å². The molecule has 0 N–H and O–H groups in total. The van der Waals surface area contributed by atoms with Gasteiger partial charge in [0, 0.05) is 6.20 Å². The zero-order valence-corrected chi connectivity index (χ0v) is 15.2. The maximum Gasteiger partial charge on any atom is 0.417 e. The van der Waals surface area contributed by atoms with Gasteiger partial charge < -0.3 is 14.2 Å². The average molecular weight is 391 g/mol. The normalized spacial score (nSPS) is 12.1.